The molecule has 0 amide bonds. The number of ether oxygens (including phenoxy) is 2. The number of esters is 1. The smallest absolute Gasteiger partial charge is 0.309 e. The van der Waals surface area contributed by atoms with E-state index in [0.717, 1.165) is 10.0 Å². The van der Waals surface area contributed by atoms with Gasteiger partial charge >= 0.3 is 5.97 Å². The summed E-state index contributed by atoms with van der Waals surface area (Å²) in [7, 11) is 0. The molecule has 0 aliphatic carbocycles. The first kappa shape index (κ1) is 15.4. The van der Waals surface area contributed by atoms with Crippen LogP contribution in [0, 0.1) is 0 Å². The molecule has 0 atom stereocenters. The second-order valence-electron chi connectivity index (χ2n) is 4.42. The molecule has 0 aliphatic heterocycles. The lowest BCUT2D eigenvalue weighted by Crippen LogP contribution is -2.10. The van der Waals surface area contributed by atoms with Crippen molar-refractivity contribution in [1.82, 2.24) is 0 Å². The van der Waals surface area contributed by atoms with E-state index in [1.807, 2.05) is 24.3 Å². The monoisotopic (exact) mass is 349 g/mol. The van der Waals surface area contributed by atoms with Crippen LogP contribution in [0.5, 0.6) is 5.75 Å². The van der Waals surface area contributed by atoms with Crippen molar-refractivity contribution in [3.63, 3.8) is 0 Å². The first-order chi connectivity index (χ1) is 10.1. The summed E-state index contributed by atoms with van der Waals surface area (Å²) in [5, 5.41) is 0. The Morgan fingerprint density at radius 1 is 1.14 bits per heavy atom. The Balaban J connectivity index is 1.72. The van der Waals surface area contributed by atoms with Crippen LogP contribution in [0.15, 0.2) is 53.0 Å². The van der Waals surface area contributed by atoms with Gasteiger partial charge in [-0.05, 0) is 18.2 Å². The summed E-state index contributed by atoms with van der Waals surface area (Å²) in [6.45, 7) is 0.511. The molecule has 5 heteroatoms. The quantitative estimate of drug-likeness (QED) is 0.639. The first-order valence-electron chi connectivity index (χ1n) is 6.52. The molecule has 0 saturated heterocycles. The minimum atomic E-state index is -0.297. The molecule has 0 bridgehead atoms. The average Bonchev–Trinajstić information content (AvgIpc) is 2.46. The number of nitrogens with two attached hydrogens (primary N) is 1. The van der Waals surface area contributed by atoms with Gasteiger partial charge in [-0.2, -0.15) is 0 Å². The molecule has 0 fully saturated rings. The van der Waals surface area contributed by atoms with Gasteiger partial charge in [-0.15, -0.1) is 0 Å². The van der Waals surface area contributed by atoms with Crippen molar-refractivity contribution in [3.05, 3.63) is 58.6 Å². The fraction of sp³-hybridized carbons (Fsp3) is 0.188. The summed E-state index contributed by atoms with van der Waals surface area (Å²) in [6.07, 6.45) is 0.194. The van der Waals surface area contributed by atoms with E-state index in [4.69, 9.17) is 15.2 Å². The molecular formula is C16H16BrNO3. The average molecular weight is 350 g/mol. The summed E-state index contributed by atoms with van der Waals surface area (Å²) in [6, 6.07) is 14.7. The highest BCUT2D eigenvalue weighted by Gasteiger charge is 2.06. The highest BCUT2D eigenvalue weighted by molar-refractivity contribution is 9.10. The minimum absolute atomic E-state index is 0.194. The van der Waals surface area contributed by atoms with E-state index in [1.54, 1.807) is 24.3 Å². The van der Waals surface area contributed by atoms with Crippen LogP contribution in [-0.4, -0.2) is 12.6 Å². The molecule has 110 valence electrons. The van der Waals surface area contributed by atoms with Crippen LogP contribution < -0.4 is 10.5 Å². The summed E-state index contributed by atoms with van der Waals surface area (Å²) in [5.74, 6) is 0.350. The molecule has 0 spiro atoms. The maximum Gasteiger partial charge on any atom is 0.309 e. The van der Waals surface area contributed by atoms with Crippen LogP contribution in [-0.2, 0) is 16.1 Å². The SMILES string of the molecule is Nc1cccc(OCCC(=O)OCc2ccccc2Br)c1. The van der Waals surface area contributed by atoms with E-state index in [1.165, 1.54) is 0 Å². The number of nitrogen functional groups attached to an aromatic ring is 1. The summed E-state index contributed by atoms with van der Waals surface area (Å²) in [5.41, 5.74) is 7.20. The molecule has 0 aromatic heterocycles. The van der Waals surface area contributed by atoms with E-state index in [9.17, 15) is 4.79 Å². The van der Waals surface area contributed by atoms with Crippen LogP contribution in [0.2, 0.25) is 0 Å². The molecule has 2 aromatic carbocycles. The van der Waals surface area contributed by atoms with Gasteiger partial charge in [0.1, 0.15) is 12.4 Å². The van der Waals surface area contributed by atoms with Crippen LogP contribution in [0.3, 0.4) is 0 Å². The Morgan fingerprint density at radius 2 is 1.95 bits per heavy atom. The van der Waals surface area contributed by atoms with E-state index in [2.05, 4.69) is 15.9 Å². The van der Waals surface area contributed by atoms with Gasteiger partial charge in [-0.25, -0.2) is 0 Å². The fourth-order valence-corrected chi connectivity index (χ4v) is 2.10. The molecule has 0 aliphatic rings. The maximum absolute atomic E-state index is 11.6. The van der Waals surface area contributed by atoms with E-state index < -0.39 is 0 Å². The third kappa shape index (κ3) is 5.11. The summed E-state index contributed by atoms with van der Waals surface area (Å²) < 4.78 is 11.6. The number of hydrogen-bond donors (Lipinski definition) is 1. The van der Waals surface area contributed by atoms with Gasteiger partial charge < -0.3 is 15.2 Å². The fourth-order valence-electron chi connectivity index (χ4n) is 1.70. The number of hydrogen-bond acceptors (Lipinski definition) is 4. The predicted octanol–water partition coefficient (Wildman–Crippen LogP) is 3.54. The zero-order valence-corrected chi connectivity index (χ0v) is 13.0. The van der Waals surface area contributed by atoms with E-state index in [-0.39, 0.29) is 25.6 Å². The van der Waals surface area contributed by atoms with Crippen molar-refractivity contribution in [1.29, 1.82) is 0 Å². The number of carbonyl (C=O) groups is 1. The number of benzene rings is 2. The summed E-state index contributed by atoms with van der Waals surface area (Å²) >= 11 is 3.41. The maximum atomic E-state index is 11.6. The lowest BCUT2D eigenvalue weighted by atomic mass is 10.2. The standard InChI is InChI=1S/C16H16BrNO3/c17-15-7-2-1-4-12(15)11-21-16(19)8-9-20-14-6-3-5-13(18)10-14/h1-7,10H,8-9,11,18H2. The molecule has 2 aromatic rings. The zero-order valence-electron chi connectivity index (χ0n) is 11.4. The van der Waals surface area contributed by atoms with Crippen LogP contribution >= 0.6 is 15.9 Å². The minimum Gasteiger partial charge on any atom is -0.493 e. The Bertz CT molecular complexity index is 616. The van der Waals surface area contributed by atoms with E-state index in [0.29, 0.717) is 11.4 Å². The highest BCUT2D eigenvalue weighted by Crippen LogP contribution is 2.17. The molecule has 0 unspecified atom stereocenters. The summed E-state index contributed by atoms with van der Waals surface area (Å²) in [4.78, 5) is 11.6. The molecule has 2 rings (SSSR count). The molecule has 0 heterocycles. The third-order valence-electron chi connectivity index (χ3n) is 2.78. The van der Waals surface area contributed by atoms with E-state index >= 15 is 0 Å². The van der Waals surface area contributed by atoms with Gasteiger partial charge in [-0.3, -0.25) is 4.79 Å². The number of anilines is 1. The molecular weight excluding hydrogens is 334 g/mol. The Morgan fingerprint density at radius 3 is 2.71 bits per heavy atom. The number of rotatable bonds is 6. The van der Waals surface area contributed by atoms with Crippen molar-refractivity contribution in [2.45, 2.75) is 13.0 Å². The Labute approximate surface area is 132 Å². The third-order valence-corrected chi connectivity index (χ3v) is 3.55. The van der Waals surface area contributed by atoms with Gasteiger partial charge in [0.05, 0.1) is 13.0 Å². The van der Waals surface area contributed by atoms with Crippen molar-refractivity contribution in [3.8, 4) is 5.75 Å². The van der Waals surface area contributed by atoms with Gasteiger partial charge in [-0.1, -0.05) is 40.2 Å². The number of halogens is 1. The van der Waals surface area contributed by atoms with Crippen LogP contribution in [0.4, 0.5) is 5.69 Å². The predicted molar refractivity (Wildman–Crippen MR) is 84.9 cm³/mol. The van der Waals surface area contributed by atoms with Gasteiger partial charge in [0.2, 0.25) is 0 Å². The highest BCUT2D eigenvalue weighted by atomic mass is 79.9. The molecule has 4 nitrogen and oxygen atoms in total. The number of carbonyl (C=O) groups excluding carboxylic acids is 1. The molecule has 0 radical (unpaired) electrons. The Kier molecular flexibility index (Phi) is 5.63. The lowest BCUT2D eigenvalue weighted by molar-refractivity contribution is -0.145. The van der Waals surface area contributed by atoms with Crippen LogP contribution in [0.25, 0.3) is 0 Å². The largest absolute Gasteiger partial charge is 0.493 e. The van der Waals surface area contributed by atoms with Gasteiger partial charge in [0, 0.05) is 21.8 Å². The topological polar surface area (TPSA) is 61.5 Å². The van der Waals surface area contributed by atoms with Gasteiger partial charge in [0.25, 0.3) is 0 Å². The molecule has 0 saturated carbocycles. The Hall–Kier alpha value is -2.01. The van der Waals surface area contributed by atoms with Crippen LogP contribution in [0.1, 0.15) is 12.0 Å². The molecule has 2 N–H and O–H groups in total. The van der Waals surface area contributed by atoms with Crippen molar-refractivity contribution in [2.75, 3.05) is 12.3 Å². The van der Waals surface area contributed by atoms with Gasteiger partial charge in [0.15, 0.2) is 0 Å². The normalized spacial score (nSPS) is 10.1. The first-order valence-corrected chi connectivity index (χ1v) is 7.32. The molecule has 21 heavy (non-hydrogen) atoms. The van der Waals surface area contributed by atoms with Crippen molar-refractivity contribution < 1.29 is 14.3 Å². The van der Waals surface area contributed by atoms with Crippen molar-refractivity contribution in [2.24, 2.45) is 0 Å². The van der Waals surface area contributed by atoms with Crippen molar-refractivity contribution >= 4 is 27.6 Å². The second-order valence-corrected chi connectivity index (χ2v) is 5.28. The second kappa shape index (κ2) is 7.69. The lowest BCUT2D eigenvalue weighted by Gasteiger charge is -2.08. The zero-order chi connectivity index (χ0) is 15.1.